The summed E-state index contributed by atoms with van der Waals surface area (Å²) in [6.07, 6.45) is 10.9. The van der Waals surface area contributed by atoms with Gasteiger partial charge in [-0.2, -0.15) is 9.97 Å². The Labute approximate surface area is 163 Å². The number of anilines is 4. The van der Waals surface area contributed by atoms with Gasteiger partial charge in [-0.05, 0) is 42.5 Å². The number of benzene rings is 1. The smallest absolute Gasteiger partial charge is 0.351 e. The molecule has 0 aliphatic rings. The van der Waals surface area contributed by atoms with Gasteiger partial charge in [-0.3, -0.25) is 9.88 Å². The van der Waals surface area contributed by atoms with Crippen LogP contribution in [0.5, 0.6) is 0 Å². The minimum Gasteiger partial charge on any atom is -0.399 e. The standard InChI is InChI=1S/C20H17N7O/c1-3-5-13-27(14-6-4-2)15-7-12-22-18-24-19(26-20(28)25-18)23-17-10-8-16(21)9-11-17/h1-2,8-11H,7,12,15,21H2,(H3,22,23,24,25,26,28). The van der Waals surface area contributed by atoms with Crippen molar-refractivity contribution < 1.29 is 0 Å². The minimum atomic E-state index is -0.531. The molecule has 0 fully saturated rings. The molecule has 8 nitrogen and oxygen atoms in total. The second-order valence-electron chi connectivity index (χ2n) is 5.27. The quantitative estimate of drug-likeness (QED) is 0.246. The van der Waals surface area contributed by atoms with Crippen molar-refractivity contribution >= 4 is 23.3 Å². The van der Waals surface area contributed by atoms with Crippen LogP contribution < -0.4 is 22.1 Å². The second kappa shape index (κ2) is 10.5. The molecule has 28 heavy (non-hydrogen) atoms. The SMILES string of the molecule is C#CC#CN(C#CC#C)CCCNc1nc(Nc2ccc(N)cc2)[nH]c(=O)n1. The lowest BCUT2D eigenvalue weighted by Crippen LogP contribution is -2.20. The molecule has 0 saturated carbocycles. The fourth-order valence-electron chi connectivity index (χ4n) is 2.00. The Balaban J connectivity index is 1.94. The number of hydrogen-bond acceptors (Lipinski definition) is 7. The van der Waals surface area contributed by atoms with Gasteiger partial charge in [0, 0.05) is 48.4 Å². The zero-order valence-electron chi connectivity index (χ0n) is 14.9. The molecule has 1 aromatic heterocycles. The highest BCUT2D eigenvalue weighted by Gasteiger charge is 2.04. The molecule has 2 rings (SSSR count). The highest BCUT2D eigenvalue weighted by molar-refractivity contribution is 5.57. The largest absolute Gasteiger partial charge is 0.399 e. The number of hydrogen-bond donors (Lipinski definition) is 4. The molecule has 0 atom stereocenters. The lowest BCUT2D eigenvalue weighted by Gasteiger charge is -2.10. The van der Waals surface area contributed by atoms with Crippen LogP contribution in [0.2, 0.25) is 0 Å². The summed E-state index contributed by atoms with van der Waals surface area (Å²) in [6.45, 7) is 0.979. The van der Waals surface area contributed by atoms with E-state index in [1.807, 2.05) is 0 Å². The van der Waals surface area contributed by atoms with Crippen molar-refractivity contribution in [2.45, 2.75) is 6.42 Å². The average Bonchev–Trinajstić information content (AvgIpc) is 2.68. The minimum absolute atomic E-state index is 0.192. The third-order valence-corrected chi connectivity index (χ3v) is 3.19. The number of aromatic amines is 1. The molecule has 0 spiro atoms. The highest BCUT2D eigenvalue weighted by Crippen LogP contribution is 2.14. The lowest BCUT2D eigenvalue weighted by atomic mass is 10.3. The average molecular weight is 371 g/mol. The van der Waals surface area contributed by atoms with Gasteiger partial charge >= 0.3 is 5.69 Å². The van der Waals surface area contributed by atoms with Gasteiger partial charge in [-0.25, -0.2) is 4.79 Å². The number of nitrogen functional groups attached to an aromatic ring is 1. The van der Waals surface area contributed by atoms with E-state index >= 15 is 0 Å². The molecule has 1 heterocycles. The second-order valence-corrected chi connectivity index (χ2v) is 5.27. The molecule has 138 valence electrons. The van der Waals surface area contributed by atoms with Crippen LogP contribution in [-0.4, -0.2) is 32.9 Å². The van der Waals surface area contributed by atoms with Gasteiger partial charge in [-0.15, -0.1) is 12.8 Å². The van der Waals surface area contributed by atoms with Crippen LogP contribution >= 0.6 is 0 Å². The number of H-pyrrole nitrogens is 1. The molecule has 2 aromatic rings. The Bertz CT molecular complexity index is 1030. The molecule has 0 amide bonds. The van der Waals surface area contributed by atoms with E-state index in [2.05, 4.69) is 61.4 Å². The van der Waals surface area contributed by atoms with Crippen LogP contribution in [0.3, 0.4) is 0 Å². The maximum absolute atomic E-state index is 11.7. The molecule has 0 aliphatic heterocycles. The summed E-state index contributed by atoms with van der Waals surface area (Å²) in [6, 6.07) is 12.4. The van der Waals surface area contributed by atoms with Crippen LogP contribution in [0.15, 0.2) is 29.1 Å². The maximum Gasteiger partial charge on any atom is 0.351 e. The van der Waals surface area contributed by atoms with Gasteiger partial charge in [-0.1, -0.05) is 0 Å². The van der Waals surface area contributed by atoms with Crippen molar-refractivity contribution in [3.63, 3.8) is 0 Å². The molecular formula is C20H17N7O. The number of aromatic nitrogens is 3. The van der Waals surface area contributed by atoms with Crippen molar-refractivity contribution in [2.75, 3.05) is 29.5 Å². The number of nitrogens with zero attached hydrogens (tertiary/aromatic N) is 3. The van der Waals surface area contributed by atoms with Crippen LogP contribution in [0.4, 0.5) is 23.3 Å². The van der Waals surface area contributed by atoms with E-state index in [0.717, 1.165) is 5.69 Å². The zero-order valence-corrected chi connectivity index (χ0v) is 14.9. The fourth-order valence-corrected chi connectivity index (χ4v) is 2.00. The summed E-state index contributed by atoms with van der Waals surface area (Å²) in [5.74, 6) is 9.85. The molecule has 0 saturated heterocycles. The molecule has 8 heteroatoms. The Morgan fingerprint density at radius 3 is 2.43 bits per heavy atom. The van der Waals surface area contributed by atoms with Crippen molar-refractivity contribution in [2.24, 2.45) is 0 Å². The number of terminal acetylenes is 2. The van der Waals surface area contributed by atoms with Crippen molar-refractivity contribution in [1.29, 1.82) is 0 Å². The van der Waals surface area contributed by atoms with Gasteiger partial charge in [0.15, 0.2) is 0 Å². The first kappa shape index (κ1) is 19.8. The summed E-state index contributed by atoms with van der Waals surface area (Å²) in [5.41, 5.74) is 6.48. The van der Waals surface area contributed by atoms with Crippen molar-refractivity contribution in [3.05, 3.63) is 34.7 Å². The molecular weight excluding hydrogens is 354 g/mol. The van der Waals surface area contributed by atoms with Crippen molar-refractivity contribution in [3.8, 4) is 48.6 Å². The molecule has 0 unspecified atom stereocenters. The number of nitrogens with two attached hydrogens (primary N) is 1. The molecule has 5 N–H and O–H groups in total. The van der Waals surface area contributed by atoms with E-state index < -0.39 is 5.69 Å². The van der Waals surface area contributed by atoms with Gasteiger partial charge in [0.05, 0.1) is 0 Å². The zero-order chi connectivity index (χ0) is 20.2. The van der Waals surface area contributed by atoms with Crippen LogP contribution in [0, 0.1) is 48.6 Å². The third kappa shape index (κ3) is 6.76. The van der Waals surface area contributed by atoms with Crippen LogP contribution in [-0.2, 0) is 0 Å². The van der Waals surface area contributed by atoms with E-state index in [4.69, 9.17) is 18.6 Å². The van der Waals surface area contributed by atoms with Gasteiger partial charge in [0.2, 0.25) is 11.9 Å². The Morgan fingerprint density at radius 2 is 1.79 bits per heavy atom. The van der Waals surface area contributed by atoms with E-state index in [-0.39, 0.29) is 11.9 Å². The Morgan fingerprint density at radius 1 is 1.11 bits per heavy atom. The monoisotopic (exact) mass is 371 g/mol. The predicted molar refractivity (Wildman–Crippen MR) is 110 cm³/mol. The molecule has 0 aliphatic carbocycles. The van der Waals surface area contributed by atoms with E-state index in [1.165, 1.54) is 4.90 Å². The molecule has 0 radical (unpaired) electrons. The highest BCUT2D eigenvalue weighted by atomic mass is 16.1. The van der Waals surface area contributed by atoms with Crippen LogP contribution in [0.25, 0.3) is 0 Å². The third-order valence-electron chi connectivity index (χ3n) is 3.19. The molecule has 0 bridgehead atoms. The van der Waals surface area contributed by atoms with Gasteiger partial charge in [0.25, 0.3) is 0 Å². The summed E-state index contributed by atoms with van der Waals surface area (Å²) < 4.78 is 0. The first-order valence-corrected chi connectivity index (χ1v) is 8.15. The Kier molecular flexibility index (Phi) is 7.39. The fraction of sp³-hybridized carbons (Fsp3) is 0.150. The van der Waals surface area contributed by atoms with E-state index in [0.29, 0.717) is 25.2 Å². The summed E-state index contributed by atoms with van der Waals surface area (Å²) in [7, 11) is 0. The maximum atomic E-state index is 11.7. The predicted octanol–water partition coefficient (Wildman–Crippen LogP) is 0.783. The van der Waals surface area contributed by atoms with E-state index in [1.54, 1.807) is 24.3 Å². The lowest BCUT2D eigenvalue weighted by molar-refractivity contribution is 0.546. The topological polar surface area (TPSA) is 112 Å². The normalized spacial score (nSPS) is 8.79. The van der Waals surface area contributed by atoms with Gasteiger partial charge < -0.3 is 16.4 Å². The molecule has 1 aromatic carbocycles. The van der Waals surface area contributed by atoms with Crippen LogP contribution in [0.1, 0.15) is 6.42 Å². The summed E-state index contributed by atoms with van der Waals surface area (Å²) in [5, 5.41) is 5.97. The first-order chi connectivity index (χ1) is 13.6. The van der Waals surface area contributed by atoms with Gasteiger partial charge in [0.1, 0.15) is 0 Å². The number of nitrogens with one attached hydrogen (secondary N) is 3. The van der Waals surface area contributed by atoms with Crippen molar-refractivity contribution in [1.82, 2.24) is 19.9 Å². The number of rotatable bonds is 7. The first-order valence-electron chi connectivity index (χ1n) is 8.15. The summed E-state index contributed by atoms with van der Waals surface area (Å²) >= 11 is 0. The Hall–Kier alpha value is -4.53. The van der Waals surface area contributed by atoms with E-state index in [9.17, 15) is 4.79 Å². The summed E-state index contributed by atoms with van der Waals surface area (Å²) in [4.78, 5) is 23.8.